The van der Waals surface area contributed by atoms with E-state index in [1.807, 2.05) is 0 Å². The molecule has 0 heterocycles. The molecular weight excluding hydrogens is 422 g/mol. The van der Waals surface area contributed by atoms with E-state index in [-0.39, 0.29) is 11.3 Å². The highest BCUT2D eigenvalue weighted by molar-refractivity contribution is 5.93. The third kappa shape index (κ3) is 4.47. The van der Waals surface area contributed by atoms with Crippen molar-refractivity contribution >= 4 is 22.1 Å². The van der Waals surface area contributed by atoms with Crippen LogP contribution in [0.25, 0.3) is 10.8 Å². The number of aryl methyl sites for hydroxylation is 1. The van der Waals surface area contributed by atoms with E-state index in [4.69, 9.17) is 0 Å². The van der Waals surface area contributed by atoms with Gasteiger partial charge in [0.05, 0.1) is 0 Å². The molecule has 1 heteroatoms. The smallest absolute Gasteiger partial charge is 0.0432 e. The predicted octanol–water partition coefficient (Wildman–Crippen LogP) is 9.37. The minimum absolute atomic E-state index is 0.179. The van der Waals surface area contributed by atoms with E-state index in [1.54, 1.807) is 0 Å². The average molecular weight is 456 g/mol. The first-order valence-electron chi connectivity index (χ1n) is 12.5. The van der Waals surface area contributed by atoms with Crippen molar-refractivity contribution < 1.29 is 0 Å². The normalized spacial score (nSPS) is 12.5. The molecular formula is C34H33N. The Balaban J connectivity index is 1.64. The second-order valence-corrected chi connectivity index (χ2v) is 10.0. The van der Waals surface area contributed by atoms with Gasteiger partial charge in [0.15, 0.2) is 0 Å². The summed E-state index contributed by atoms with van der Waals surface area (Å²) in [5, 5.41) is 6.42. The molecule has 5 rings (SSSR count). The lowest BCUT2D eigenvalue weighted by atomic mass is 9.75. The zero-order valence-corrected chi connectivity index (χ0v) is 21.0. The maximum Gasteiger partial charge on any atom is 0.0432 e. The molecule has 1 N–H and O–H groups in total. The second kappa shape index (κ2) is 9.43. The van der Waals surface area contributed by atoms with Crippen LogP contribution >= 0.6 is 0 Å². The van der Waals surface area contributed by atoms with Gasteiger partial charge < -0.3 is 5.32 Å². The van der Waals surface area contributed by atoms with E-state index >= 15 is 0 Å². The molecule has 5 aromatic rings. The monoisotopic (exact) mass is 455 g/mol. The Hall–Kier alpha value is -3.84. The van der Waals surface area contributed by atoms with Gasteiger partial charge in [-0.25, -0.2) is 0 Å². The average Bonchev–Trinajstić information content (AvgIpc) is 2.89. The third-order valence-electron chi connectivity index (χ3n) is 7.32. The Morgan fingerprint density at radius 3 is 2.06 bits per heavy atom. The van der Waals surface area contributed by atoms with Crippen molar-refractivity contribution in [2.24, 2.45) is 0 Å². The largest absolute Gasteiger partial charge is 0.355 e. The zero-order valence-electron chi connectivity index (χ0n) is 21.0. The maximum absolute atomic E-state index is 3.87. The Kier molecular flexibility index (Phi) is 6.17. The Labute approximate surface area is 209 Å². The number of benzene rings is 5. The fraction of sp³-hybridized carbons (Fsp3) is 0.176. The van der Waals surface area contributed by atoms with Crippen LogP contribution in [-0.2, 0) is 5.41 Å². The summed E-state index contributed by atoms with van der Waals surface area (Å²) in [6, 6.07) is 41.6. The van der Waals surface area contributed by atoms with E-state index in [2.05, 4.69) is 148 Å². The minimum Gasteiger partial charge on any atom is -0.355 e. The molecule has 1 unspecified atom stereocenters. The third-order valence-corrected chi connectivity index (χ3v) is 7.32. The number of para-hydroxylation sites is 1. The summed E-state index contributed by atoms with van der Waals surface area (Å²) in [6.45, 7) is 9.09. The molecule has 35 heavy (non-hydrogen) atoms. The van der Waals surface area contributed by atoms with E-state index in [1.165, 1.54) is 38.6 Å². The summed E-state index contributed by atoms with van der Waals surface area (Å²) < 4.78 is 0. The van der Waals surface area contributed by atoms with Crippen LogP contribution < -0.4 is 5.32 Å². The molecule has 1 nitrogen and oxygen atoms in total. The van der Waals surface area contributed by atoms with Crippen molar-refractivity contribution in [2.45, 2.75) is 39.0 Å². The van der Waals surface area contributed by atoms with Crippen LogP contribution in [0.4, 0.5) is 11.4 Å². The van der Waals surface area contributed by atoms with Gasteiger partial charge >= 0.3 is 0 Å². The van der Waals surface area contributed by atoms with Crippen LogP contribution in [0, 0.1) is 6.92 Å². The van der Waals surface area contributed by atoms with Gasteiger partial charge in [0.25, 0.3) is 0 Å². The first kappa shape index (κ1) is 22.9. The number of anilines is 2. The van der Waals surface area contributed by atoms with E-state index < -0.39 is 0 Å². The van der Waals surface area contributed by atoms with Crippen molar-refractivity contribution in [3.63, 3.8) is 0 Å². The van der Waals surface area contributed by atoms with Crippen molar-refractivity contribution in [3.8, 4) is 0 Å². The number of fused-ring (bicyclic) bond motifs is 1. The fourth-order valence-corrected chi connectivity index (χ4v) is 5.22. The Morgan fingerprint density at radius 1 is 0.629 bits per heavy atom. The molecule has 0 saturated heterocycles. The summed E-state index contributed by atoms with van der Waals surface area (Å²) in [4.78, 5) is 0. The highest BCUT2D eigenvalue weighted by atomic mass is 14.9. The fourth-order valence-electron chi connectivity index (χ4n) is 5.22. The lowest BCUT2D eigenvalue weighted by Crippen LogP contribution is -2.21. The van der Waals surface area contributed by atoms with Gasteiger partial charge in [-0.3, -0.25) is 0 Å². The molecule has 0 aliphatic rings. The van der Waals surface area contributed by atoms with Crippen LogP contribution in [0.5, 0.6) is 0 Å². The first-order chi connectivity index (χ1) is 16.9. The summed E-state index contributed by atoms with van der Waals surface area (Å²) in [7, 11) is 0. The molecule has 0 aliphatic carbocycles. The molecule has 0 fully saturated rings. The molecule has 0 aliphatic heterocycles. The zero-order chi connectivity index (χ0) is 24.4. The SMILES string of the molecule is Cc1ccc(C(C)c2ccccc2Nc2ccc3ccccc3c2C(C)(C)c2ccccc2)cc1. The molecule has 0 amide bonds. The van der Waals surface area contributed by atoms with Crippen LogP contribution in [0.3, 0.4) is 0 Å². The topological polar surface area (TPSA) is 12.0 Å². The lowest BCUT2D eigenvalue weighted by molar-refractivity contribution is 0.649. The highest BCUT2D eigenvalue weighted by Crippen LogP contribution is 2.42. The van der Waals surface area contributed by atoms with Gasteiger partial charge in [0.2, 0.25) is 0 Å². The Morgan fingerprint density at radius 2 is 1.29 bits per heavy atom. The minimum atomic E-state index is -0.179. The number of rotatable bonds is 6. The van der Waals surface area contributed by atoms with Gasteiger partial charge in [-0.1, -0.05) is 129 Å². The van der Waals surface area contributed by atoms with Gasteiger partial charge in [-0.2, -0.15) is 0 Å². The standard InChI is InChI=1S/C34H33N/c1-24-18-20-26(21-19-24)25(2)29-15-10-11-17-31(29)35-32-23-22-27-12-8-9-16-30(27)33(32)34(3,4)28-13-6-5-7-14-28/h5-23,25,35H,1-4H3. The molecule has 0 spiro atoms. The molecule has 0 aromatic heterocycles. The maximum atomic E-state index is 3.87. The quantitative estimate of drug-likeness (QED) is 0.269. The van der Waals surface area contributed by atoms with Crippen molar-refractivity contribution in [3.05, 3.63) is 143 Å². The van der Waals surface area contributed by atoms with Crippen LogP contribution in [-0.4, -0.2) is 0 Å². The van der Waals surface area contributed by atoms with E-state index in [0.29, 0.717) is 0 Å². The van der Waals surface area contributed by atoms with Crippen LogP contribution in [0.2, 0.25) is 0 Å². The Bertz CT molecular complexity index is 1450. The number of hydrogen-bond donors (Lipinski definition) is 1. The highest BCUT2D eigenvalue weighted by Gasteiger charge is 2.28. The second-order valence-electron chi connectivity index (χ2n) is 10.0. The lowest BCUT2D eigenvalue weighted by Gasteiger charge is -2.31. The van der Waals surface area contributed by atoms with Gasteiger partial charge in [-0.05, 0) is 52.1 Å². The van der Waals surface area contributed by atoms with Gasteiger partial charge in [0, 0.05) is 22.7 Å². The van der Waals surface area contributed by atoms with Crippen molar-refractivity contribution in [1.82, 2.24) is 0 Å². The summed E-state index contributed by atoms with van der Waals surface area (Å²) >= 11 is 0. The summed E-state index contributed by atoms with van der Waals surface area (Å²) in [5.74, 6) is 0.283. The number of nitrogens with one attached hydrogen (secondary N) is 1. The molecule has 174 valence electrons. The molecule has 0 bridgehead atoms. The molecule has 5 aromatic carbocycles. The van der Waals surface area contributed by atoms with Crippen molar-refractivity contribution in [1.29, 1.82) is 0 Å². The molecule has 1 atom stereocenters. The number of hydrogen-bond acceptors (Lipinski definition) is 1. The van der Waals surface area contributed by atoms with Gasteiger partial charge in [-0.15, -0.1) is 0 Å². The molecule has 0 saturated carbocycles. The van der Waals surface area contributed by atoms with Crippen molar-refractivity contribution in [2.75, 3.05) is 5.32 Å². The predicted molar refractivity (Wildman–Crippen MR) is 151 cm³/mol. The molecule has 0 radical (unpaired) electrons. The first-order valence-corrected chi connectivity index (χ1v) is 12.5. The van der Waals surface area contributed by atoms with E-state index in [0.717, 1.165) is 11.4 Å². The summed E-state index contributed by atoms with van der Waals surface area (Å²) in [6.07, 6.45) is 0. The van der Waals surface area contributed by atoms with Gasteiger partial charge in [0.1, 0.15) is 0 Å². The van der Waals surface area contributed by atoms with Crippen LogP contribution in [0.1, 0.15) is 54.5 Å². The van der Waals surface area contributed by atoms with Crippen LogP contribution in [0.15, 0.2) is 115 Å². The summed E-state index contributed by atoms with van der Waals surface area (Å²) in [5.41, 5.74) is 8.67. The van der Waals surface area contributed by atoms with E-state index in [9.17, 15) is 0 Å².